The zero-order valence-electron chi connectivity index (χ0n) is 12.1. The Balaban J connectivity index is 1.52. The lowest BCUT2D eigenvalue weighted by atomic mass is 9.88. The summed E-state index contributed by atoms with van der Waals surface area (Å²) >= 11 is 0. The van der Waals surface area contributed by atoms with Crippen molar-refractivity contribution in [2.24, 2.45) is 5.73 Å². The standard InChI is InChI=1S/C18H21NO2/c19-18-8-4-5-14-13-16(9-10-17(14)18)21-12-11-20-15-6-2-1-3-7-15/h1-3,6-7,9-10,13,18H,4-5,8,11-12,19H2. The number of aryl methyl sites for hydroxylation is 1. The second-order valence-corrected chi connectivity index (χ2v) is 5.37. The Bertz CT molecular complexity index is 583. The minimum absolute atomic E-state index is 0.184. The molecular weight excluding hydrogens is 262 g/mol. The molecule has 3 heteroatoms. The van der Waals surface area contributed by atoms with Gasteiger partial charge in [-0.25, -0.2) is 0 Å². The number of fused-ring (bicyclic) bond motifs is 1. The van der Waals surface area contributed by atoms with Crippen LogP contribution in [0.1, 0.15) is 30.0 Å². The van der Waals surface area contributed by atoms with Crippen LogP contribution in [-0.4, -0.2) is 13.2 Å². The Morgan fingerprint density at radius 1 is 0.952 bits per heavy atom. The molecule has 2 N–H and O–H groups in total. The summed E-state index contributed by atoms with van der Waals surface area (Å²) in [5.74, 6) is 1.78. The van der Waals surface area contributed by atoms with Gasteiger partial charge >= 0.3 is 0 Å². The van der Waals surface area contributed by atoms with E-state index in [1.165, 1.54) is 11.1 Å². The lowest BCUT2D eigenvalue weighted by molar-refractivity contribution is 0.217. The van der Waals surface area contributed by atoms with Crippen molar-refractivity contribution in [1.82, 2.24) is 0 Å². The van der Waals surface area contributed by atoms with Crippen molar-refractivity contribution in [3.63, 3.8) is 0 Å². The molecule has 0 amide bonds. The molecule has 2 aromatic carbocycles. The summed E-state index contributed by atoms with van der Waals surface area (Å²) in [6, 6.07) is 16.2. The highest BCUT2D eigenvalue weighted by Gasteiger charge is 2.16. The molecule has 1 aliphatic rings. The van der Waals surface area contributed by atoms with Crippen LogP contribution in [0, 0.1) is 0 Å². The molecule has 1 unspecified atom stereocenters. The van der Waals surface area contributed by atoms with Crippen molar-refractivity contribution >= 4 is 0 Å². The molecule has 1 atom stereocenters. The van der Waals surface area contributed by atoms with Crippen LogP contribution in [0.25, 0.3) is 0 Å². The normalized spacial score (nSPS) is 17.1. The average Bonchev–Trinajstić information content (AvgIpc) is 2.53. The van der Waals surface area contributed by atoms with E-state index in [0.717, 1.165) is 30.8 Å². The number of para-hydroxylation sites is 1. The van der Waals surface area contributed by atoms with E-state index >= 15 is 0 Å². The Morgan fingerprint density at radius 2 is 1.71 bits per heavy atom. The molecule has 21 heavy (non-hydrogen) atoms. The van der Waals surface area contributed by atoms with Gasteiger partial charge in [-0.1, -0.05) is 24.3 Å². The summed E-state index contributed by atoms with van der Waals surface area (Å²) in [5.41, 5.74) is 8.72. The van der Waals surface area contributed by atoms with Gasteiger partial charge in [-0.3, -0.25) is 0 Å². The third-order valence-electron chi connectivity index (χ3n) is 3.84. The molecule has 3 nitrogen and oxygen atoms in total. The molecule has 2 aromatic rings. The number of hydrogen-bond acceptors (Lipinski definition) is 3. The first-order valence-corrected chi connectivity index (χ1v) is 7.52. The van der Waals surface area contributed by atoms with E-state index in [1.54, 1.807) is 0 Å². The van der Waals surface area contributed by atoms with Crippen molar-refractivity contribution < 1.29 is 9.47 Å². The second-order valence-electron chi connectivity index (χ2n) is 5.37. The van der Waals surface area contributed by atoms with Crippen molar-refractivity contribution in [2.75, 3.05) is 13.2 Å². The summed E-state index contributed by atoms with van der Waals surface area (Å²) in [7, 11) is 0. The number of hydrogen-bond donors (Lipinski definition) is 1. The number of ether oxygens (including phenoxy) is 2. The zero-order chi connectivity index (χ0) is 14.5. The highest BCUT2D eigenvalue weighted by Crippen LogP contribution is 2.30. The van der Waals surface area contributed by atoms with E-state index < -0.39 is 0 Å². The van der Waals surface area contributed by atoms with Gasteiger partial charge in [-0.2, -0.15) is 0 Å². The molecule has 3 rings (SSSR count). The van der Waals surface area contributed by atoms with Crippen LogP contribution in [0.5, 0.6) is 11.5 Å². The maximum absolute atomic E-state index is 6.12. The first-order chi connectivity index (χ1) is 10.3. The lowest BCUT2D eigenvalue weighted by Gasteiger charge is -2.22. The molecule has 0 aliphatic heterocycles. The Kier molecular flexibility index (Phi) is 4.41. The fourth-order valence-electron chi connectivity index (χ4n) is 2.75. The van der Waals surface area contributed by atoms with E-state index in [-0.39, 0.29) is 6.04 Å². The van der Waals surface area contributed by atoms with Gasteiger partial charge in [0.05, 0.1) is 0 Å². The summed E-state index contributed by atoms with van der Waals surface area (Å²) in [6.07, 6.45) is 3.34. The minimum atomic E-state index is 0.184. The Hall–Kier alpha value is -2.00. The molecule has 0 saturated heterocycles. The minimum Gasteiger partial charge on any atom is -0.490 e. The quantitative estimate of drug-likeness (QED) is 0.854. The van der Waals surface area contributed by atoms with Crippen LogP contribution < -0.4 is 15.2 Å². The number of nitrogens with two attached hydrogens (primary N) is 1. The third-order valence-corrected chi connectivity index (χ3v) is 3.84. The zero-order valence-corrected chi connectivity index (χ0v) is 12.1. The van der Waals surface area contributed by atoms with Gasteiger partial charge in [-0.05, 0) is 54.7 Å². The smallest absolute Gasteiger partial charge is 0.122 e. The van der Waals surface area contributed by atoms with Gasteiger partial charge < -0.3 is 15.2 Å². The van der Waals surface area contributed by atoms with E-state index in [2.05, 4.69) is 12.1 Å². The Labute approximate surface area is 125 Å². The van der Waals surface area contributed by atoms with Crippen molar-refractivity contribution in [3.05, 3.63) is 59.7 Å². The molecule has 0 bridgehead atoms. The summed E-state index contributed by atoms with van der Waals surface area (Å²) < 4.78 is 11.4. The van der Waals surface area contributed by atoms with Crippen LogP contribution in [0.15, 0.2) is 48.5 Å². The van der Waals surface area contributed by atoms with Crippen LogP contribution in [0.4, 0.5) is 0 Å². The van der Waals surface area contributed by atoms with Gasteiger partial charge in [0.2, 0.25) is 0 Å². The molecule has 0 saturated carbocycles. The van der Waals surface area contributed by atoms with E-state index in [4.69, 9.17) is 15.2 Å². The topological polar surface area (TPSA) is 44.5 Å². The molecule has 1 aliphatic carbocycles. The van der Waals surface area contributed by atoms with E-state index in [1.807, 2.05) is 36.4 Å². The number of rotatable bonds is 5. The van der Waals surface area contributed by atoms with Crippen molar-refractivity contribution in [2.45, 2.75) is 25.3 Å². The SMILES string of the molecule is NC1CCCc2cc(OCCOc3ccccc3)ccc21. The number of benzene rings is 2. The van der Waals surface area contributed by atoms with Crippen molar-refractivity contribution in [1.29, 1.82) is 0 Å². The maximum atomic E-state index is 6.12. The van der Waals surface area contributed by atoms with Crippen LogP contribution in [-0.2, 0) is 6.42 Å². The van der Waals surface area contributed by atoms with Gasteiger partial charge in [0.1, 0.15) is 24.7 Å². The predicted molar refractivity (Wildman–Crippen MR) is 83.7 cm³/mol. The van der Waals surface area contributed by atoms with E-state index in [0.29, 0.717) is 13.2 Å². The third kappa shape index (κ3) is 3.56. The Morgan fingerprint density at radius 3 is 2.52 bits per heavy atom. The maximum Gasteiger partial charge on any atom is 0.122 e. The first kappa shape index (κ1) is 14.0. The molecule has 0 heterocycles. The largest absolute Gasteiger partial charge is 0.490 e. The van der Waals surface area contributed by atoms with E-state index in [9.17, 15) is 0 Å². The fourth-order valence-corrected chi connectivity index (χ4v) is 2.75. The molecule has 0 radical (unpaired) electrons. The lowest BCUT2D eigenvalue weighted by Crippen LogP contribution is -2.17. The van der Waals surface area contributed by atoms with Crippen molar-refractivity contribution in [3.8, 4) is 11.5 Å². The van der Waals surface area contributed by atoms with Crippen LogP contribution >= 0.6 is 0 Å². The molecule has 0 spiro atoms. The van der Waals surface area contributed by atoms with Gasteiger partial charge in [-0.15, -0.1) is 0 Å². The fraction of sp³-hybridized carbons (Fsp3) is 0.333. The van der Waals surface area contributed by atoms with Gasteiger partial charge in [0, 0.05) is 6.04 Å². The molecular formula is C18H21NO2. The van der Waals surface area contributed by atoms with Crippen LogP contribution in [0.3, 0.4) is 0 Å². The monoisotopic (exact) mass is 283 g/mol. The highest BCUT2D eigenvalue weighted by atomic mass is 16.5. The summed E-state index contributed by atoms with van der Waals surface area (Å²) in [5, 5.41) is 0. The predicted octanol–water partition coefficient (Wildman–Crippen LogP) is 3.48. The first-order valence-electron chi connectivity index (χ1n) is 7.52. The molecule has 0 fully saturated rings. The van der Waals surface area contributed by atoms with Crippen LogP contribution in [0.2, 0.25) is 0 Å². The highest BCUT2D eigenvalue weighted by molar-refractivity contribution is 5.38. The second kappa shape index (κ2) is 6.64. The van der Waals surface area contributed by atoms with Gasteiger partial charge in [0.25, 0.3) is 0 Å². The average molecular weight is 283 g/mol. The summed E-state index contributed by atoms with van der Waals surface area (Å²) in [6.45, 7) is 1.08. The van der Waals surface area contributed by atoms with Gasteiger partial charge in [0.15, 0.2) is 0 Å². The molecule has 0 aromatic heterocycles. The molecule has 110 valence electrons. The summed E-state index contributed by atoms with van der Waals surface area (Å²) in [4.78, 5) is 0.